The van der Waals surface area contributed by atoms with Crippen LogP contribution in [0.25, 0.3) is 10.8 Å². The molecule has 0 aliphatic heterocycles. The Labute approximate surface area is 201 Å². The van der Waals surface area contributed by atoms with Gasteiger partial charge >= 0.3 is 5.97 Å². The van der Waals surface area contributed by atoms with Gasteiger partial charge in [0.15, 0.2) is 0 Å². The van der Waals surface area contributed by atoms with Gasteiger partial charge in [0, 0.05) is 30.6 Å². The van der Waals surface area contributed by atoms with E-state index in [9.17, 15) is 18.7 Å². The Morgan fingerprint density at radius 3 is 1.97 bits per heavy atom. The van der Waals surface area contributed by atoms with Gasteiger partial charge in [-0.25, -0.2) is 13.3 Å². The number of nitrogens with zero attached hydrogens (tertiary/aromatic N) is 2. The first-order valence-electron chi connectivity index (χ1n) is 10.9. The summed E-state index contributed by atoms with van der Waals surface area (Å²) in [5, 5.41) is 11.1. The van der Waals surface area contributed by atoms with E-state index in [0.717, 1.165) is 27.6 Å². The number of carboxylic acid groups (broad SMARTS) is 1. The number of anilines is 3. The average molecular weight is 475 g/mol. The number of aromatic carboxylic acids is 1. The highest BCUT2D eigenvalue weighted by atomic mass is 32.2. The van der Waals surface area contributed by atoms with Gasteiger partial charge in [0.1, 0.15) is 0 Å². The zero-order valence-electron chi connectivity index (χ0n) is 19.0. The monoisotopic (exact) mass is 474 g/mol. The lowest BCUT2D eigenvalue weighted by molar-refractivity contribution is 0.0696. The number of hydrogen-bond donors (Lipinski definition) is 2. The summed E-state index contributed by atoms with van der Waals surface area (Å²) in [5.74, 6) is -0.947. The molecule has 0 saturated carbocycles. The molecule has 4 rings (SSSR count). The lowest BCUT2D eigenvalue weighted by Gasteiger charge is -2.24. The molecule has 0 aliphatic rings. The first kappa shape index (κ1) is 23.5. The van der Waals surface area contributed by atoms with Crippen molar-refractivity contribution in [3.05, 3.63) is 102 Å². The van der Waals surface area contributed by atoms with Crippen LogP contribution in [0.15, 0.2) is 84.9 Å². The summed E-state index contributed by atoms with van der Waals surface area (Å²) < 4.78 is 24.2. The summed E-state index contributed by atoms with van der Waals surface area (Å²) in [6.07, 6.45) is 1.33. The summed E-state index contributed by atoms with van der Waals surface area (Å²) in [7, 11) is 3.94. The standard InChI is InChI=1S/C27H26N2O4S/c1-28(2)25-13-5-12-24-23(25)11-6-14-26(24)29(34(32)33)22-10-4-8-20(18-22)16-15-19-7-3-9-21(17-19)27(30)31/h3-14,17-18H,15-16H2,1-2H3,(H,30,31)(H,32,33). The van der Waals surface area contributed by atoms with E-state index in [1.54, 1.807) is 18.2 Å². The predicted octanol–water partition coefficient (Wildman–Crippen LogP) is 5.66. The van der Waals surface area contributed by atoms with Crippen molar-refractivity contribution < 1.29 is 18.7 Å². The third-order valence-corrected chi connectivity index (χ3v) is 6.47. The number of carbonyl (C=O) groups is 1. The largest absolute Gasteiger partial charge is 0.478 e. The van der Waals surface area contributed by atoms with Crippen molar-refractivity contribution >= 4 is 45.1 Å². The van der Waals surface area contributed by atoms with Gasteiger partial charge in [-0.1, -0.05) is 48.5 Å². The lowest BCUT2D eigenvalue weighted by Crippen LogP contribution is -2.20. The summed E-state index contributed by atoms with van der Waals surface area (Å²) in [6, 6.07) is 26.1. The van der Waals surface area contributed by atoms with Gasteiger partial charge in [-0.05, 0) is 60.4 Å². The first-order valence-corrected chi connectivity index (χ1v) is 11.9. The third-order valence-electron chi connectivity index (χ3n) is 5.75. The Bertz CT molecular complexity index is 1370. The van der Waals surface area contributed by atoms with Crippen LogP contribution < -0.4 is 9.21 Å². The van der Waals surface area contributed by atoms with Crippen molar-refractivity contribution in [2.45, 2.75) is 12.8 Å². The molecule has 0 radical (unpaired) electrons. The number of carboxylic acids is 1. The van der Waals surface area contributed by atoms with E-state index in [4.69, 9.17) is 0 Å². The van der Waals surface area contributed by atoms with E-state index >= 15 is 0 Å². The van der Waals surface area contributed by atoms with Crippen LogP contribution in [0, 0.1) is 0 Å². The van der Waals surface area contributed by atoms with Gasteiger partial charge in [-0.2, -0.15) is 0 Å². The highest BCUT2D eigenvalue weighted by Gasteiger charge is 2.19. The Hall–Kier alpha value is -3.68. The highest BCUT2D eigenvalue weighted by molar-refractivity contribution is 7.81. The van der Waals surface area contributed by atoms with Crippen LogP contribution in [0.1, 0.15) is 21.5 Å². The van der Waals surface area contributed by atoms with Gasteiger partial charge < -0.3 is 10.0 Å². The smallest absolute Gasteiger partial charge is 0.335 e. The highest BCUT2D eigenvalue weighted by Crippen LogP contribution is 2.37. The van der Waals surface area contributed by atoms with E-state index in [-0.39, 0.29) is 5.56 Å². The maximum Gasteiger partial charge on any atom is 0.335 e. The molecule has 4 aromatic rings. The van der Waals surface area contributed by atoms with E-state index in [1.165, 1.54) is 4.31 Å². The molecular formula is C27H26N2O4S. The molecule has 1 atom stereocenters. The SMILES string of the molecule is CN(C)c1cccc2c(N(c3cccc(CCc4cccc(C(=O)O)c4)c3)S(=O)O)cccc12. The molecule has 1 unspecified atom stereocenters. The second kappa shape index (κ2) is 10.1. The summed E-state index contributed by atoms with van der Waals surface area (Å²) in [4.78, 5) is 13.3. The molecule has 0 spiro atoms. The fraction of sp³-hybridized carbons (Fsp3) is 0.148. The maximum atomic E-state index is 12.5. The Kier molecular flexibility index (Phi) is 6.95. The molecule has 0 amide bonds. The fourth-order valence-electron chi connectivity index (χ4n) is 4.14. The maximum absolute atomic E-state index is 12.5. The summed E-state index contributed by atoms with van der Waals surface area (Å²) in [6.45, 7) is 0. The van der Waals surface area contributed by atoms with Crippen LogP contribution in [0.2, 0.25) is 0 Å². The van der Waals surface area contributed by atoms with E-state index in [1.807, 2.05) is 85.7 Å². The Balaban J connectivity index is 1.67. The molecule has 0 aliphatic carbocycles. The van der Waals surface area contributed by atoms with Crippen molar-refractivity contribution in [2.75, 3.05) is 23.3 Å². The molecule has 2 N–H and O–H groups in total. The number of hydrogen-bond acceptors (Lipinski definition) is 3. The zero-order chi connectivity index (χ0) is 24.2. The van der Waals surface area contributed by atoms with Gasteiger partial charge in [-0.3, -0.25) is 4.55 Å². The molecule has 0 heterocycles. The number of aryl methyl sites for hydroxylation is 2. The minimum absolute atomic E-state index is 0.265. The first-order chi connectivity index (χ1) is 16.3. The topological polar surface area (TPSA) is 81.1 Å². The second-order valence-corrected chi connectivity index (χ2v) is 9.07. The van der Waals surface area contributed by atoms with Crippen molar-refractivity contribution in [2.24, 2.45) is 0 Å². The van der Waals surface area contributed by atoms with Crippen LogP contribution in [-0.2, 0) is 24.1 Å². The van der Waals surface area contributed by atoms with Gasteiger partial charge in [-0.15, -0.1) is 0 Å². The third kappa shape index (κ3) is 4.95. The van der Waals surface area contributed by atoms with Crippen molar-refractivity contribution in [3.63, 3.8) is 0 Å². The second-order valence-electron chi connectivity index (χ2n) is 8.24. The molecule has 174 valence electrons. The molecule has 0 bridgehead atoms. The van der Waals surface area contributed by atoms with Crippen molar-refractivity contribution in [3.8, 4) is 0 Å². The summed E-state index contributed by atoms with van der Waals surface area (Å²) in [5.41, 5.74) is 4.47. The molecule has 6 nitrogen and oxygen atoms in total. The van der Waals surface area contributed by atoms with Crippen LogP contribution >= 0.6 is 0 Å². The van der Waals surface area contributed by atoms with E-state index in [0.29, 0.717) is 24.2 Å². The van der Waals surface area contributed by atoms with Crippen LogP contribution in [0.5, 0.6) is 0 Å². The molecular weight excluding hydrogens is 448 g/mol. The van der Waals surface area contributed by atoms with E-state index in [2.05, 4.69) is 0 Å². The number of rotatable bonds is 8. The van der Waals surface area contributed by atoms with Crippen LogP contribution in [-0.4, -0.2) is 33.9 Å². The molecule has 4 aromatic carbocycles. The van der Waals surface area contributed by atoms with Gasteiger partial charge in [0.2, 0.25) is 0 Å². The Morgan fingerprint density at radius 2 is 1.35 bits per heavy atom. The molecule has 0 aromatic heterocycles. The Morgan fingerprint density at radius 1 is 0.794 bits per heavy atom. The van der Waals surface area contributed by atoms with E-state index < -0.39 is 17.2 Å². The molecule has 34 heavy (non-hydrogen) atoms. The van der Waals surface area contributed by atoms with Crippen molar-refractivity contribution in [1.29, 1.82) is 0 Å². The number of benzene rings is 4. The van der Waals surface area contributed by atoms with Crippen molar-refractivity contribution in [1.82, 2.24) is 0 Å². The number of fused-ring (bicyclic) bond motifs is 1. The predicted molar refractivity (Wildman–Crippen MR) is 138 cm³/mol. The van der Waals surface area contributed by atoms with Gasteiger partial charge in [0.25, 0.3) is 11.3 Å². The van der Waals surface area contributed by atoms with Crippen LogP contribution in [0.3, 0.4) is 0 Å². The normalized spacial score (nSPS) is 11.9. The quantitative estimate of drug-likeness (QED) is 0.322. The zero-order valence-corrected chi connectivity index (χ0v) is 19.8. The molecule has 7 heteroatoms. The minimum Gasteiger partial charge on any atom is -0.478 e. The molecule has 0 saturated heterocycles. The average Bonchev–Trinajstić information content (AvgIpc) is 2.83. The van der Waals surface area contributed by atoms with Gasteiger partial charge in [0.05, 0.1) is 16.9 Å². The fourth-order valence-corrected chi connectivity index (χ4v) is 4.77. The lowest BCUT2D eigenvalue weighted by atomic mass is 10.0. The molecule has 0 fully saturated rings. The van der Waals surface area contributed by atoms with Crippen LogP contribution in [0.4, 0.5) is 17.1 Å². The summed E-state index contributed by atoms with van der Waals surface area (Å²) >= 11 is -2.28. The minimum atomic E-state index is -2.28.